The van der Waals surface area contributed by atoms with Crippen molar-refractivity contribution in [2.45, 2.75) is 24.3 Å². The average molecular weight is 355 g/mol. The molecule has 2 aromatic rings. The number of carbonyl (C=O) groups is 1. The molecule has 0 aromatic heterocycles. The van der Waals surface area contributed by atoms with Crippen LogP contribution in [0.2, 0.25) is 0 Å². The van der Waals surface area contributed by atoms with E-state index >= 15 is 0 Å². The van der Waals surface area contributed by atoms with E-state index in [0.29, 0.717) is 11.7 Å². The number of nitrogens with one attached hydrogen (secondary N) is 1. The highest BCUT2D eigenvalue weighted by Crippen LogP contribution is 2.21. The number of nitrogens with zero attached hydrogens (tertiary/aromatic N) is 1. The maximum absolute atomic E-state index is 12.0. The van der Waals surface area contributed by atoms with Gasteiger partial charge in [-0.1, -0.05) is 48.5 Å². The zero-order valence-electron chi connectivity index (χ0n) is 14.6. The van der Waals surface area contributed by atoms with E-state index in [-0.39, 0.29) is 5.91 Å². The molecule has 1 heterocycles. The van der Waals surface area contributed by atoms with Crippen molar-refractivity contribution in [2.75, 3.05) is 25.4 Å². The summed E-state index contributed by atoms with van der Waals surface area (Å²) in [7, 11) is 0. The molecule has 132 valence electrons. The summed E-state index contributed by atoms with van der Waals surface area (Å²) in [6.07, 6.45) is 2.31. The van der Waals surface area contributed by atoms with E-state index in [1.807, 2.05) is 30.3 Å². The molecule has 3 nitrogen and oxygen atoms in total. The van der Waals surface area contributed by atoms with Crippen LogP contribution in [0.1, 0.15) is 18.4 Å². The van der Waals surface area contributed by atoms with Crippen LogP contribution in [0, 0.1) is 5.92 Å². The summed E-state index contributed by atoms with van der Waals surface area (Å²) in [6.45, 7) is 4.14. The highest BCUT2D eigenvalue weighted by Gasteiger charge is 2.22. The Morgan fingerprint density at radius 3 is 2.56 bits per heavy atom. The van der Waals surface area contributed by atoms with Crippen molar-refractivity contribution in [3.63, 3.8) is 0 Å². The lowest BCUT2D eigenvalue weighted by atomic mass is 10.1. The van der Waals surface area contributed by atoms with Gasteiger partial charge >= 0.3 is 0 Å². The Morgan fingerprint density at radius 1 is 1.08 bits per heavy atom. The van der Waals surface area contributed by atoms with Gasteiger partial charge in [0.15, 0.2) is 0 Å². The van der Waals surface area contributed by atoms with E-state index in [9.17, 15) is 4.79 Å². The summed E-state index contributed by atoms with van der Waals surface area (Å²) in [5.74, 6) is 1.33. The molecule has 1 saturated heterocycles. The monoisotopic (exact) mass is 354 g/mol. The summed E-state index contributed by atoms with van der Waals surface area (Å²) < 4.78 is 0. The van der Waals surface area contributed by atoms with E-state index in [1.165, 1.54) is 12.0 Å². The quantitative estimate of drug-likeness (QED) is 0.732. The maximum Gasteiger partial charge on any atom is 0.230 e. The van der Waals surface area contributed by atoms with Gasteiger partial charge in [-0.15, -0.1) is 11.8 Å². The van der Waals surface area contributed by atoms with Crippen molar-refractivity contribution < 1.29 is 4.79 Å². The smallest absolute Gasteiger partial charge is 0.230 e. The predicted molar refractivity (Wildman–Crippen MR) is 105 cm³/mol. The van der Waals surface area contributed by atoms with Gasteiger partial charge in [0.05, 0.1) is 5.75 Å². The molecule has 0 aliphatic carbocycles. The molecule has 4 heteroatoms. The third kappa shape index (κ3) is 6.22. The lowest BCUT2D eigenvalue weighted by molar-refractivity contribution is -0.118. The molecule has 1 atom stereocenters. The molecular weight excluding hydrogens is 328 g/mol. The van der Waals surface area contributed by atoms with E-state index in [2.05, 4.69) is 40.5 Å². The largest absolute Gasteiger partial charge is 0.355 e. The molecule has 1 N–H and O–H groups in total. The fourth-order valence-electron chi connectivity index (χ4n) is 3.27. The van der Waals surface area contributed by atoms with Gasteiger partial charge < -0.3 is 5.32 Å². The molecule has 1 fully saturated rings. The fourth-order valence-corrected chi connectivity index (χ4v) is 4.02. The minimum absolute atomic E-state index is 0.132. The van der Waals surface area contributed by atoms with Gasteiger partial charge in [0, 0.05) is 24.5 Å². The lowest BCUT2D eigenvalue weighted by Gasteiger charge is -2.16. The van der Waals surface area contributed by atoms with Gasteiger partial charge in [-0.3, -0.25) is 9.69 Å². The van der Waals surface area contributed by atoms with Crippen LogP contribution in [0.4, 0.5) is 0 Å². The van der Waals surface area contributed by atoms with Crippen molar-refractivity contribution in [3.8, 4) is 0 Å². The molecule has 1 amide bonds. The van der Waals surface area contributed by atoms with E-state index in [4.69, 9.17) is 0 Å². The molecule has 25 heavy (non-hydrogen) atoms. The minimum Gasteiger partial charge on any atom is -0.355 e. The number of amides is 1. The normalized spacial score (nSPS) is 17.5. The van der Waals surface area contributed by atoms with E-state index in [0.717, 1.165) is 37.5 Å². The van der Waals surface area contributed by atoms with Crippen LogP contribution in [0.5, 0.6) is 0 Å². The molecule has 0 unspecified atom stereocenters. The summed E-state index contributed by atoms with van der Waals surface area (Å²) in [5, 5.41) is 3.07. The summed E-state index contributed by atoms with van der Waals surface area (Å²) in [6, 6.07) is 20.7. The number of rotatable bonds is 8. The van der Waals surface area contributed by atoms with E-state index < -0.39 is 0 Å². The van der Waals surface area contributed by atoms with Gasteiger partial charge in [-0.05, 0) is 43.0 Å². The number of benzene rings is 2. The summed E-state index contributed by atoms with van der Waals surface area (Å²) in [4.78, 5) is 15.6. The summed E-state index contributed by atoms with van der Waals surface area (Å²) in [5.41, 5.74) is 1.38. The molecule has 0 radical (unpaired) electrons. The number of carbonyl (C=O) groups excluding carboxylic acids is 1. The second kappa shape index (κ2) is 9.64. The number of thioether (sulfide) groups is 1. The molecule has 0 spiro atoms. The van der Waals surface area contributed by atoms with Gasteiger partial charge in [-0.25, -0.2) is 0 Å². The first-order chi connectivity index (χ1) is 12.3. The second-order valence-electron chi connectivity index (χ2n) is 6.62. The van der Waals surface area contributed by atoms with Crippen LogP contribution in [0.3, 0.4) is 0 Å². The molecule has 3 rings (SSSR count). The average Bonchev–Trinajstić information content (AvgIpc) is 3.09. The Morgan fingerprint density at radius 2 is 1.80 bits per heavy atom. The van der Waals surface area contributed by atoms with Crippen molar-refractivity contribution >= 4 is 17.7 Å². The first-order valence-corrected chi connectivity index (χ1v) is 9.99. The van der Waals surface area contributed by atoms with Gasteiger partial charge in [0.2, 0.25) is 5.91 Å². The molecule has 0 saturated carbocycles. The van der Waals surface area contributed by atoms with Gasteiger partial charge in [0.25, 0.3) is 0 Å². The predicted octanol–water partition coefficient (Wildman–Crippen LogP) is 3.81. The number of likely N-dealkylation sites (tertiary alicyclic amines) is 1. The van der Waals surface area contributed by atoms with Crippen molar-refractivity contribution in [1.82, 2.24) is 10.2 Å². The Bertz CT molecular complexity index is 647. The van der Waals surface area contributed by atoms with Crippen molar-refractivity contribution in [3.05, 3.63) is 66.2 Å². The number of hydrogen-bond donors (Lipinski definition) is 1. The Kier molecular flexibility index (Phi) is 6.95. The standard InChI is InChI=1S/C21H26N2OS/c24-21(17-25-20-9-5-2-6-10-20)22-13-11-19-12-14-23(16-19)15-18-7-3-1-4-8-18/h1-10,19H,11-17H2,(H,22,24)/t19-/m1/s1. The van der Waals surface area contributed by atoms with Crippen molar-refractivity contribution in [1.29, 1.82) is 0 Å². The Hall–Kier alpha value is -1.78. The van der Waals surface area contributed by atoms with E-state index in [1.54, 1.807) is 11.8 Å². The zero-order chi connectivity index (χ0) is 17.3. The molecule has 0 bridgehead atoms. The van der Waals surface area contributed by atoms with Crippen molar-refractivity contribution in [2.24, 2.45) is 5.92 Å². The van der Waals surface area contributed by atoms with Gasteiger partial charge in [0.1, 0.15) is 0 Å². The molecular formula is C21H26N2OS. The molecule has 1 aliphatic heterocycles. The van der Waals surface area contributed by atoms with Gasteiger partial charge in [-0.2, -0.15) is 0 Å². The minimum atomic E-state index is 0.132. The SMILES string of the molecule is O=C(CSc1ccccc1)NCC[C@@H]1CCN(Cc2ccccc2)C1. The van der Waals surface area contributed by atoms with Crippen LogP contribution < -0.4 is 5.32 Å². The first-order valence-electron chi connectivity index (χ1n) is 9.00. The van der Waals surface area contributed by atoms with Crippen LogP contribution in [-0.2, 0) is 11.3 Å². The molecule has 1 aliphatic rings. The lowest BCUT2D eigenvalue weighted by Crippen LogP contribution is -2.28. The van der Waals surface area contributed by atoms with Crippen LogP contribution in [-0.4, -0.2) is 36.2 Å². The first kappa shape index (κ1) is 18.0. The topological polar surface area (TPSA) is 32.3 Å². The fraction of sp³-hybridized carbons (Fsp3) is 0.381. The molecule has 2 aromatic carbocycles. The highest BCUT2D eigenvalue weighted by atomic mass is 32.2. The zero-order valence-corrected chi connectivity index (χ0v) is 15.4. The Labute approximate surface area is 154 Å². The maximum atomic E-state index is 12.0. The Balaban J connectivity index is 1.29. The van der Waals surface area contributed by atoms with Crippen LogP contribution in [0.15, 0.2) is 65.6 Å². The highest BCUT2D eigenvalue weighted by molar-refractivity contribution is 8.00. The number of hydrogen-bond acceptors (Lipinski definition) is 3. The third-order valence-corrected chi connectivity index (χ3v) is 5.62. The third-order valence-electron chi connectivity index (χ3n) is 4.61. The summed E-state index contributed by atoms with van der Waals surface area (Å²) >= 11 is 1.59. The van der Waals surface area contributed by atoms with Crippen LogP contribution in [0.25, 0.3) is 0 Å². The van der Waals surface area contributed by atoms with Crippen LogP contribution >= 0.6 is 11.8 Å². The second-order valence-corrected chi connectivity index (χ2v) is 7.66.